The van der Waals surface area contributed by atoms with E-state index in [4.69, 9.17) is 0 Å². The van der Waals surface area contributed by atoms with Gasteiger partial charge in [0.15, 0.2) is 0 Å². The second-order valence-electron chi connectivity index (χ2n) is 8.25. The number of carbonyl (C=O) groups excluding carboxylic acids is 1. The number of amides is 1. The molecule has 0 bridgehead atoms. The highest BCUT2D eigenvalue weighted by molar-refractivity contribution is 6.06. The smallest absolute Gasteiger partial charge is 0.254 e. The van der Waals surface area contributed by atoms with Crippen molar-refractivity contribution < 1.29 is 9.18 Å². The first-order valence-electron chi connectivity index (χ1n) is 9.74. The maximum Gasteiger partial charge on any atom is 0.254 e. The van der Waals surface area contributed by atoms with Crippen molar-refractivity contribution in [1.29, 1.82) is 0 Å². The second kappa shape index (κ2) is 6.02. The number of fused-ring (bicyclic) bond motifs is 1. The van der Waals surface area contributed by atoms with Crippen LogP contribution >= 0.6 is 0 Å². The van der Waals surface area contributed by atoms with Crippen molar-refractivity contribution in [3.63, 3.8) is 0 Å². The molecule has 5 rings (SSSR count). The fraction of sp³-hybridized carbons (Fsp3) is 0.524. The SMILES string of the molecule is O=C(c1cc(C2CC2)nc2ccc(F)cc12)N1CCC2(CCNC2)CC1. The summed E-state index contributed by atoms with van der Waals surface area (Å²) in [5, 5.41) is 4.10. The molecule has 26 heavy (non-hydrogen) atoms. The highest BCUT2D eigenvalue weighted by Crippen LogP contribution is 2.41. The Hall–Kier alpha value is -2.01. The van der Waals surface area contributed by atoms with Crippen molar-refractivity contribution >= 4 is 16.8 Å². The molecule has 1 aliphatic carbocycles. The lowest BCUT2D eigenvalue weighted by molar-refractivity contribution is 0.0609. The number of rotatable bonds is 2. The monoisotopic (exact) mass is 353 g/mol. The van der Waals surface area contributed by atoms with E-state index >= 15 is 0 Å². The molecule has 4 nitrogen and oxygen atoms in total. The van der Waals surface area contributed by atoms with E-state index in [0.717, 1.165) is 63.1 Å². The first-order chi connectivity index (χ1) is 12.6. The van der Waals surface area contributed by atoms with Gasteiger partial charge in [-0.2, -0.15) is 0 Å². The molecule has 3 fully saturated rings. The topological polar surface area (TPSA) is 45.2 Å². The maximum atomic E-state index is 13.8. The summed E-state index contributed by atoms with van der Waals surface area (Å²) < 4.78 is 13.8. The molecule has 2 aliphatic heterocycles. The fourth-order valence-corrected chi connectivity index (χ4v) is 4.56. The Kier molecular flexibility index (Phi) is 3.74. The maximum absolute atomic E-state index is 13.8. The van der Waals surface area contributed by atoms with Crippen LogP contribution in [0.25, 0.3) is 10.9 Å². The van der Waals surface area contributed by atoms with Crippen LogP contribution in [0, 0.1) is 11.2 Å². The Balaban J connectivity index is 1.47. The van der Waals surface area contributed by atoms with Gasteiger partial charge in [0.05, 0.1) is 11.1 Å². The lowest BCUT2D eigenvalue weighted by Gasteiger charge is -2.39. The fourth-order valence-electron chi connectivity index (χ4n) is 4.56. The Morgan fingerprint density at radius 3 is 2.69 bits per heavy atom. The molecule has 1 amide bonds. The predicted octanol–water partition coefficient (Wildman–Crippen LogP) is 3.47. The molecule has 3 aliphatic rings. The van der Waals surface area contributed by atoms with Crippen LogP contribution in [-0.2, 0) is 0 Å². The molecule has 1 saturated carbocycles. The van der Waals surface area contributed by atoms with E-state index in [-0.39, 0.29) is 11.7 Å². The molecular formula is C21H24FN3O. The van der Waals surface area contributed by atoms with Gasteiger partial charge >= 0.3 is 0 Å². The van der Waals surface area contributed by atoms with Crippen LogP contribution in [0.4, 0.5) is 4.39 Å². The quantitative estimate of drug-likeness (QED) is 0.899. The van der Waals surface area contributed by atoms with Gasteiger partial charge in [0.2, 0.25) is 0 Å². The van der Waals surface area contributed by atoms with Crippen LogP contribution in [0.1, 0.15) is 54.1 Å². The van der Waals surface area contributed by atoms with Gasteiger partial charge in [0.1, 0.15) is 5.82 Å². The zero-order chi connectivity index (χ0) is 17.7. The van der Waals surface area contributed by atoms with E-state index in [9.17, 15) is 9.18 Å². The summed E-state index contributed by atoms with van der Waals surface area (Å²) >= 11 is 0. The molecule has 1 spiro atoms. The van der Waals surface area contributed by atoms with Crippen LogP contribution < -0.4 is 5.32 Å². The highest BCUT2D eigenvalue weighted by Gasteiger charge is 2.38. The lowest BCUT2D eigenvalue weighted by Crippen LogP contribution is -2.44. The van der Waals surface area contributed by atoms with Gasteiger partial charge in [-0.25, -0.2) is 4.39 Å². The number of halogens is 1. The summed E-state index contributed by atoms with van der Waals surface area (Å²) in [4.78, 5) is 19.9. The van der Waals surface area contributed by atoms with Gasteiger partial charge < -0.3 is 10.2 Å². The van der Waals surface area contributed by atoms with Gasteiger partial charge in [-0.05, 0) is 68.3 Å². The normalized spacial score (nSPS) is 22.3. The molecule has 3 heterocycles. The number of hydrogen-bond donors (Lipinski definition) is 1. The van der Waals surface area contributed by atoms with E-state index in [1.807, 2.05) is 11.0 Å². The summed E-state index contributed by atoms with van der Waals surface area (Å²) in [6.45, 7) is 3.74. The molecule has 0 radical (unpaired) electrons. The van der Waals surface area contributed by atoms with Crippen molar-refractivity contribution in [3.05, 3.63) is 41.3 Å². The third kappa shape index (κ3) is 2.78. The minimum atomic E-state index is -0.317. The van der Waals surface area contributed by atoms with Crippen molar-refractivity contribution in [2.24, 2.45) is 5.41 Å². The molecule has 0 unspecified atom stereocenters. The van der Waals surface area contributed by atoms with Crippen LogP contribution in [0.3, 0.4) is 0 Å². The Morgan fingerprint density at radius 1 is 1.19 bits per heavy atom. The van der Waals surface area contributed by atoms with Gasteiger partial charge in [-0.15, -0.1) is 0 Å². The predicted molar refractivity (Wildman–Crippen MR) is 98.7 cm³/mol. The van der Waals surface area contributed by atoms with Crippen molar-refractivity contribution in [2.75, 3.05) is 26.2 Å². The summed E-state index contributed by atoms with van der Waals surface area (Å²) in [6, 6.07) is 6.50. The van der Waals surface area contributed by atoms with Gasteiger partial charge in [0, 0.05) is 36.6 Å². The number of nitrogens with one attached hydrogen (secondary N) is 1. The largest absolute Gasteiger partial charge is 0.339 e. The van der Waals surface area contributed by atoms with Crippen LogP contribution in [-0.4, -0.2) is 42.0 Å². The third-order valence-corrected chi connectivity index (χ3v) is 6.46. The summed E-state index contributed by atoms with van der Waals surface area (Å²) in [5.74, 6) is 0.179. The zero-order valence-electron chi connectivity index (χ0n) is 14.9. The van der Waals surface area contributed by atoms with Crippen molar-refractivity contribution in [2.45, 2.75) is 38.0 Å². The number of piperidine rings is 1. The van der Waals surface area contributed by atoms with E-state index in [2.05, 4.69) is 10.3 Å². The number of aromatic nitrogens is 1. The molecule has 5 heteroatoms. The van der Waals surface area contributed by atoms with E-state index in [1.165, 1.54) is 18.6 Å². The number of benzene rings is 1. The van der Waals surface area contributed by atoms with Crippen LogP contribution in [0.5, 0.6) is 0 Å². The minimum absolute atomic E-state index is 0.0331. The standard InChI is InChI=1S/C21H24FN3O/c22-15-3-4-18-16(11-15)17(12-19(24-18)14-1-2-14)20(26)25-9-6-21(7-10-25)5-8-23-13-21/h3-4,11-12,14,23H,1-2,5-10,13H2. The summed E-state index contributed by atoms with van der Waals surface area (Å²) in [5.41, 5.74) is 2.72. The van der Waals surface area contributed by atoms with Gasteiger partial charge in [-0.1, -0.05) is 0 Å². The molecule has 0 atom stereocenters. The molecule has 136 valence electrons. The first kappa shape index (κ1) is 16.2. The Morgan fingerprint density at radius 2 is 2.00 bits per heavy atom. The number of carbonyl (C=O) groups is 1. The third-order valence-electron chi connectivity index (χ3n) is 6.46. The average molecular weight is 353 g/mol. The van der Waals surface area contributed by atoms with E-state index < -0.39 is 0 Å². The van der Waals surface area contributed by atoms with Gasteiger partial charge in [0.25, 0.3) is 5.91 Å². The zero-order valence-corrected chi connectivity index (χ0v) is 14.9. The molecule has 2 aromatic rings. The first-order valence-corrected chi connectivity index (χ1v) is 9.74. The Bertz CT molecular complexity index is 861. The molecule has 1 aromatic carbocycles. The van der Waals surface area contributed by atoms with E-state index in [0.29, 0.717) is 22.3 Å². The summed E-state index contributed by atoms with van der Waals surface area (Å²) in [7, 11) is 0. The second-order valence-corrected chi connectivity index (χ2v) is 8.25. The molecule has 1 N–H and O–H groups in total. The van der Waals surface area contributed by atoms with Crippen LogP contribution in [0.15, 0.2) is 24.3 Å². The number of hydrogen-bond acceptors (Lipinski definition) is 3. The number of pyridine rings is 1. The number of nitrogens with zero attached hydrogens (tertiary/aromatic N) is 2. The summed E-state index contributed by atoms with van der Waals surface area (Å²) in [6.07, 6.45) is 5.58. The molecule has 1 aromatic heterocycles. The van der Waals surface area contributed by atoms with Crippen molar-refractivity contribution in [1.82, 2.24) is 15.2 Å². The number of likely N-dealkylation sites (tertiary alicyclic amines) is 1. The van der Waals surface area contributed by atoms with Gasteiger partial charge in [-0.3, -0.25) is 9.78 Å². The van der Waals surface area contributed by atoms with E-state index in [1.54, 1.807) is 6.07 Å². The highest BCUT2D eigenvalue weighted by atomic mass is 19.1. The van der Waals surface area contributed by atoms with Crippen LogP contribution in [0.2, 0.25) is 0 Å². The average Bonchev–Trinajstić information content (AvgIpc) is 3.42. The molecular weight excluding hydrogens is 329 g/mol. The lowest BCUT2D eigenvalue weighted by atomic mass is 9.77. The minimum Gasteiger partial charge on any atom is -0.339 e. The Labute approximate surface area is 152 Å². The van der Waals surface area contributed by atoms with Crippen molar-refractivity contribution in [3.8, 4) is 0 Å². The molecule has 2 saturated heterocycles.